The third-order valence-electron chi connectivity index (χ3n) is 14.0. The van der Waals surface area contributed by atoms with E-state index in [1.165, 1.54) is 38.9 Å². The maximum atomic E-state index is 12.4. The third-order valence-corrected chi connectivity index (χ3v) is 14.0. The average molecular weight is 894 g/mol. The zero-order chi connectivity index (χ0) is 48.0. The van der Waals surface area contributed by atoms with Crippen LogP contribution in [0.15, 0.2) is 144 Å². The summed E-state index contributed by atoms with van der Waals surface area (Å²) in [4.78, 5) is 10.6. The van der Waals surface area contributed by atoms with Crippen LogP contribution in [0.1, 0.15) is 129 Å². The van der Waals surface area contributed by atoms with Crippen molar-refractivity contribution in [2.24, 2.45) is 0 Å². The molecule has 0 aliphatic heterocycles. The second-order valence-electron chi connectivity index (χ2n) is 21.8. The molecule has 0 aliphatic carbocycles. The van der Waals surface area contributed by atoms with E-state index in [2.05, 4.69) is 197 Å². The molecule has 10 aromatic rings. The Kier molecular flexibility index (Phi) is 11.0. The zero-order valence-electron chi connectivity index (χ0n) is 41.7. The average Bonchev–Trinajstić information content (AvgIpc) is 3.88. The lowest BCUT2D eigenvalue weighted by Gasteiger charge is -2.31. The van der Waals surface area contributed by atoms with E-state index in [1.807, 2.05) is 30.5 Å². The van der Waals surface area contributed by atoms with Crippen LogP contribution in [-0.2, 0) is 10.8 Å². The van der Waals surface area contributed by atoms with Crippen LogP contribution in [-0.4, -0.2) is 19.6 Å². The van der Waals surface area contributed by atoms with Gasteiger partial charge in [-0.15, -0.1) is 0 Å². The van der Waals surface area contributed by atoms with Gasteiger partial charge in [0.1, 0.15) is 22.7 Å². The molecule has 1 N–H and O–H groups in total. The molecule has 0 fully saturated rings. The first kappa shape index (κ1) is 44.8. The molecule has 0 saturated carbocycles. The number of pyridine rings is 1. The first-order valence-corrected chi connectivity index (χ1v) is 24.4. The Labute approximate surface area is 401 Å². The molecular formula is C63H63N3O2. The topological polar surface area (TPSA) is 64.1 Å². The molecule has 0 amide bonds. The van der Waals surface area contributed by atoms with Gasteiger partial charge in [0.2, 0.25) is 0 Å². The highest BCUT2D eigenvalue weighted by atomic mass is 16.3. The maximum absolute atomic E-state index is 12.4. The van der Waals surface area contributed by atoms with Crippen LogP contribution < -0.4 is 0 Å². The molecule has 5 nitrogen and oxygen atoms in total. The Morgan fingerprint density at radius 2 is 1.25 bits per heavy atom. The summed E-state index contributed by atoms with van der Waals surface area (Å²) in [6, 6.07) is 47.5. The molecule has 0 saturated heterocycles. The van der Waals surface area contributed by atoms with Crippen molar-refractivity contribution in [1.29, 1.82) is 0 Å². The van der Waals surface area contributed by atoms with Gasteiger partial charge < -0.3 is 9.52 Å². The van der Waals surface area contributed by atoms with Crippen LogP contribution in [0.4, 0.5) is 0 Å². The fourth-order valence-electron chi connectivity index (χ4n) is 10.3. The van der Waals surface area contributed by atoms with E-state index in [4.69, 9.17) is 14.4 Å². The van der Waals surface area contributed by atoms with Gasteiger partial charge in [-0.25, -0.2) is 4.98 Å². The van der Waals surface area contributed by atoms with Crippen molar-refractivity contribution in [3.8, 4) is 56.3 Å². The summed E-state index contributed by atoms with van der Waals surface area (Å²) in [7, 11) is 0. The Balaban J connectivity index is 1.23. The number of hydrogen-bond donors (Lipinski definition) is 1. The van der Waals surface area contributed by atoms with Crippen LogP contribution in [0, 0.1) is 0 Å². The summed E-state index contributed by atoms with van der Waals surface area (Å²) in [5.74, 6) is 1.75. The summed E-state index contributed by atoms with van der Waals surface area (Å²) in [6.45, 7) is 27.4. The third kappa shape index (κ3) is 7.66. The molecule has 0 bridgehead atoms. The number of imidazole rings is 1. The van der Waals surface area contributed by atoms with Crippen molar-refractivity contribution in [2.45, 2.75) is 112 Å². The van der Waals surface area contributed by atoms with Crippen LogP contribution >= 0.6 is 0 Å². The molecule has 3 aromatic heterocycles. The Bertz CT molecular complexity index is 3560. The van der Waals surface area contributed by atoms with Crippen LogP contribution in [0.5, 0.6) is 5.75 Å². The summed E-state index contributed by atoms with van der Waals surface area (Å²) >= 11 is 0. The summed E-state index contributed by atoms with van der Waals surface area (Å²) in [5.41, 5.74) is 17.6. The minimum Gasteiger partial charge on any atom is -0.507 e. The standard InChI is InChI=1S/C63H63N3O2/c1-36(2)44-22-16-23-45(37(3)4)57(44)42-28-29-64-53(31-42)41-20-15-19-40(30-41)46-24-17-25-54-58(46)65-61(66(54)59-49(38(5)6)32-43(62(7,8)9)33-52(59)63(10,11)12)51-35-56-50(34-55(51)67)48-27-26-39-18-13-14-21-47(39)60(48)68-56/h13-38,67H,1-12H3. The van der Waals surface area contributed by atoms with Crippen molar-refractivity contribution in [2.75, 3.05) is 0 Å². The van der Waals surface area contributed by atoms with Crippen molar-refractivity contribution in [3.05, 3.63) is 167 Å². The van der Waals surface area contributed by atoms with E-state index in [9.17, 15) is 5.11 Å². The molecule has 0 atom stereocenters. The summed E-state index contributed by atoms with van der Waals surface area (Å²) in [6.07, 6.45) is 1.95. The molecular weight excluding hydrogens is 831 g/mol. The minimum absolute atomic E-state index is 0.0716. The number of phenolic OH excluding ortho intramolecular Hbond substituents is 1. The monoisotopic (exact) mass is 893 g/mol. The lowest BCUT2D eigenvalue weighted by Crippen LogP contribution is -2.21. The molecule has 5 heteroatoms. The zero-order valence-corrected chi connectivity index (χ0v) is 41.7. The van der Waals surface area contributed by atoms with Crippen molar-refractivity contribution in [1.82, 2.24) is 14.5 Å². The van der Waals surface area contributed by atoms with Gasteiger partial charge >= 0.3 is 0 Å². The predicted molar refractivity (Wildman–Crippen MR) is 287 cm³/mol. The second kappa shape index (κ2) is 16.7. The Morgan fingerprint density at radius 3 is 1.96 bits per heavy atom. The number of para-hydroxylation sites is 1. The van der Waals surface area contributed by atoms with E-state index in [0.29, 0.717) is 28.8 Å². The minimum atomic E-state index is -0.237. The molecule has 0 radical (unpaired) electrons. The van der Waals surface area contributed by atoms with E-state index in [1.54, 1.807) is 0 Å². The summed E-state index contributed by atoms with van der Waals surface area (Å²) in [5, 5.41) is 16.3. The van der Waals surface area contributed by atoms with Gasteiger partial charge in [0.25, 0.3) is 0 Å². The number of phenols is 1. The molecule has 3 heterocycles. The number of fused-ring (bicyclic) bond motifs is 6. The molecule has 342 valence electrons. The molecule has 0 spiro atoms. The predicted octanol–water partition coefficient (Wildman–Crippen LogP) is 17.8. The highest BCUT2D eigenvalue weighted by molar-refractivity contribution is 6.16. The quantitative estimate of drug-likeness (QED) is 0.165. The number of hydrogen-bond acceptors (Lipinski definition) is 4. The number of aromatic hydroxyl groups is 1. The smallest absolute Gasteiger partial charge is 0.149 e. The van der Waals surface area contributed by atoms with Crippen LogP contribution in [0.2, 0.25) is 0 Å². The largest absolute Gasteiger partial charge is 0.507 e. The fourth-order valence-corrected chi connectivity index (χ4v) is 10.3. The highest BCUT2D eigenvalue weighted by Crippen LogP contribution is 2.47. The van der Waals surface area contributed by atoms with E-state index in [0.717, 1.165) is 66.2 Å². The summed E-state index contributed by atoms with van der Waals surface area (Å²) < 4.78 is 9.09. The molecule has 0 unspecified atom stereocenters. The van der Waals surface area contributed by atoms with Crippen molar-refractivity contribution >= 4 is 43.7 Å². The Hall–Kier alpha value is -6.98. The number of benzene rings is 7. The van der Waals surface area contributed by atoms with Gasteiger partial charge in [-0.05, 0) is 121 Å². The van der Waals surface area contributed by atoms with E-state index in [-0.39, 0.29) is 22.5 Å². The second-order valence-corrected chi connectivity index (χ2v) is 21.8. The number of rotatable bonds is 8. The fraction of sp³-hybridized carbons (Fsp3) is 0.270. The van der Waals surface area contributed by atoms with Gasteiger partial charge in [-0.3, -0.25) is 9.55 Å². The van der Waals surface area contributed by atoms with Gasteiger partial charge in [0.15, 0.2) is 0 Å². The lowest BCUT2D eigenvalue weighted by molar-refractivity contribution is 0.477. The van der Waals surface area contributed by atoms with E-state index < -0.39 is 0 Å². The highest BCUT2D eigenvalue weighted by Gasteiger charge is 2.31. The number of nitrogens with zero attached hydrogens (tertiary/aromatic N) is 3. The molecule has 10 rings (SSSR count). The molecule has 0 aliphatic rings. The van der Waals surface area contributed by atoms with Crippen LogP contribution in [0.25, 0.3) is 94.3 Å². The Morgan fingerprint density at radius 1 is 0.559 bits per heavy atom. The number of furan rings is 1. The van der Waals surface area contributed by atoms with Crippen molar-refractivity contribution < 1.29 is 9.52 Å². The first-order chi connectivity index (χ1) is 32.4. The van der Waals surface area contributed by atoms with E-state index >= 15 is 0 Å². The van der Waals surface area contributed by atoms with Gasteiger partial charge in [0.05, 0.1) is 28.0 Å². The van der Waals surface area contributed by atoms with Crippen LogP contribution in [0.3, 0.4) is 0 Å². The van der Waals surface area contributed by atoms with Crippen molar-refractivity contribution in [3.63, 3.8) is 0 Å². The SMILES string of the molecule is CC(C)c1cccc(C(C)C)c1-c1ccnc(-c2cccc(-c3cccc4c3nc(-c3cc5oc6c7ccccc7ccc6c5cc3O)n4-c3c(C(C)C)cc(C(C)(C)C)cc3C(C)(C)C)c2)c1. The lowest BCUT2D eigenvalue weighted by atomic mass is 9.77. The number of aromatic nitrogens is 3. The molecule has 68 heavy (non-hydrogen) atoms. The van der Waals surface area contributed by atoms with Gasteiger partial charge in [-0.1, -0.05) is 174 Å². The normalized spacial score (nSPS) is 12.6. The van der Waals surface area contributed by atoms with Gasteiger partial charge in [0, 0.05) is 33.5 Å². The molecule has 7 aromatic carbocycles. The first-order valence-electron chi connectivity index (χ1n) is 24.4. The van der Waals surface area contributed by atoms with Gasteiger partial charge in [-0.2, -0.15) is 0 Å². The maximum Gasteiger partial charge on any atom is 0.149 e.